The van der Waals surface area contributed by atoms with Gasteiger partial charge in [0, 0.05) is 0 Å². The van der Waals surface area contributed by atoms with Crippen LogP contribution in [0.15, 0.2) is 10.2 Å². The first kappa shape index (κ1) is 4.25. The molecule has 1 heterocycles. The van der Waals surface area contributed by atoms with Crippen molar-refractivity contribution < 1.29 is 0 Å². The van der Waals surface area contributed by atoms with E-state index in [1.165, 1.54) is 0 Å². The molecule has 0 amide bonds. The average Bonchev–Trinajstić information content (AvgIpc) is 2.14. The van der Waals surface area contributed by atoms with Gasteiger partial charge in [0.2, 0.25) is 0 Å². The first-order valence-corrected chi connectivity index (χ1v) is 2.16. The maximum atomic E-state index is 8.20. The van der Waals surface area contributed by atoms with Gasteiger partial charge in [-0.1, -0.05) is 0 Å². The maximum absolute atomic E-state index is 8.20. The lowest BCUT2D eigenvalue weighted by Crippen LogP contribution is -1.97. The summed E-state index contributed by atoms with van der Waals surface area (Å²) in [4.78, 5) is 0. The number of hydrogen-bond donors (Lipinski definition) is 0. The first-order chi connectivity index (χ1) is 3.43. The zero-order valence-corrected chi connectivity index (χ0v) is 3.83. The molecule has 0 radical (unpaired) electrons. The number of nitrogens with zero attached hydrogens (tertiary/aromatic N) is 3. The fourth-order valence-electron chi connectivity index (χ4n) is 0.452. The van der Waals surface area contributed by atoms with Crippen LogP contribution < -0.4 is 0 Å². The highest BCUT2D eigenvalue weighted by molar-refractivity contribution is 4.87. The van der Waals surface area contributed by atoms with E-state index >= 15 is 0 Å². The number of hydrogen-bond acceptors (Lipinski definition) is 3. The monoisotopic (exact) mass is 95.0 g/mol. The highest BCUT2D eigenvalue weighted by atomic mass is 15.1. The Morgan fingerprint density at radius 1 is 1.43 bits per heavy atom. The minimum Gasteiger partial charge on any atom is -0.198 e. The van der Waals surface area contributed by atoms with Gasteiger partial charge in [0.25, 0.3) is 0 Å². The van der Waals surface area contributed by atoms with E-state index in [1.54, 1.807) is 0 Å². The van der Waals surface area contributed by atoms with Gasteiger partial charge in [-0.05, 0) is 0 Å². The lowest BCUT2D eigenvalue weighted by Gasteiger charge is -1.84. The van der Waals surface area contributed by atoms with Crippen molar-refractivity contribution in [3.8, 4) is 6.07 Å². The van der Waals surface area contributed by atoms with Crippen LogP contribution in [-0.2, 0) is 0 Å². The predicted octanol–water partition coefficient (Wildman–Crippen LogP) is 0.592. The van der Waals surface area contributed by atoms with Crippen molar-refractivity contribution in [1.29, 1.82) is 5.26 Å². The first-order valence-electron chi connectivity index (χ1n) is 2.16. The summed E-state index contributed by atoms with van der Waals surface area (Å²) in [5.74, 6) is 0.0694. The average molecular weight is 95.1 g/mol. The van der Waals surface area contributed by atoms with Crippen LogP contribution in [0.3, 0.4) is 0 Å². The van der Waals surface area contributed by atoms with E-state index in [0.717, 1.165) is 0 Å². The molecule has 0 saturated heterocycles. The van der Waals surface area contributed by atoms with E-state index in [0.29, 0.717) is 13.1 Å². The Kier molecular flexibility index (Phi) is 1.03. The third kappa shape index (κ3) is 0.743. The third-order valence-electron chi connectivity index (χ3n) is 0.887. The Morgan fingerprint density at radius 3 is 2.29 bits per heavy atom. The molecule has 3 nitrogen and oxygen atoms in total. The van der Waals surface area contributed by atoms with E-state index in [9.17, 15) is 0 Å². The summed E-state index contributed by atoms with van der Waals surface area (Å²) in [6.45, 7) is 1.22. The van der Waals surface area contributed by atoms with Crippen molar-refractivity contribution in [3.63, 3.8) is 0 Å². The molecule has 1 aliphatic heterocycles. The largest absolute Gasteiger partial charge is 0.198 e. The number of rotatable bonds is 0. The molecule has 0 atom stereocenters. The van der Waals surface area contributed by atoms with Crippen LogP contribution in [-0.4, -0.2) is 13.1 Å². The second-order valence-electron chi connectivity index (χ2n) is 1.47. The molecule has 36 valence electrons. The molecule has 7 heavy (non-hydrogen) atoms. The van der Waals surface area contributed by atoms with Crippen LogP contribution in [0.25, 0.3) is 0 Å². The van der Waals surface area contributed by atoms with Gasteiger partial charge in [-0.25, -0.2) is 0 Å². The highest BCUT2D eigenvalue weighted by Crippen LogP contribution is 2.03. The lowest BCUT2D eigenvalue weighted by molar-refractivity contribution is 0.780. The standard InChI is InChI=1S/C4H5N3/c5-1-4-2-6-7-3-4/h4H,2-3H2. The van der Waals surface area contributed by atoms with Crippen LogP contribution in [0.2, 0.25) is 0 Å². The molecule has 0 bridgehead atoms. The van der Waals surface area contributed by atoms with Crippen molar-refractivity contribution in [2.24, 2.45) is 16.1 Å². The molecule has 0 spiro atoms. The van der Waals surface area contributed by atoms with Gasteiger partial charge in [0.1, 0.15) is 0 Å². The van der Waals surface area contributed by atoms with Gasteiger partial charge in [0.15, 0.2) is 0 Å². The minimum absolute atomic E-state index is 0.0694. The maximum Gasteiger partial charge on any atom is 0.0889 e. The molecule has 0 N–H and O–H groups in total. The molecule has 1 rings (SSSR count). The Balaban J connectivity index is 2.39. The summed E-state index contributed by atoms with van der Waals surface area (Å²) in [6.07, 6.45) is 0. The third-order valence-corrected chi connectivity index (χ3v) is 0.887. The molecule has 0 unspecified atom stereocenters. The SMILES string of the molecule is N#CC1CN=NC1. The van der Waals surface area contributed by atoms with Crippen molar-refractivity contribution in [2.75, 3.05) is 13.1 Å². The molecule has 0 aromatic rings. The normalized spacial score (nSPS) is 19.9. The summed E-state index contributed by atoms with van der Waals surface area (Å²) < 4.78 is 0. The number of azo groups is 1. The molecular formula is C4H5N3. The molecule has 1 aliphatic rings. The Morgan fingerprint density at radius 2 is 2.00 bits per heavy atom. The summed E-state index contributed by atoms with van der Waals surface area (Å²) in [5.41, 5.74) is 0. The van der Waals surface area contributed by atoms with E-state index in [1.807, 2.05) is 0 Å². The van der Waals surface area contributed by atoms with Crippen LogP contribution >= 0.6 is 0 Å². The Bertz CT molecular complexity index is 113. The second kappa shape index (κ2) is 1.69. The van der Waals surface area contributed by atoms with Crippen LogP contribution in [0.1, 0.15) is 0 Å². The van der Waals surface area contributed by atoms with Gasteiger partial charge in [-0.2, -0.15) is 15.5 Å². The van der Waals surface area contributed by atoms with Crippen molar-refractivity contribution in [2.45, 2.75) is 0 Å². The van der Waals surface area contributed by atoms with Crippen LogP contribution in [0, 0.1) is 17.2 Å². The zero-order valence-electron chi connectivity index (χ0n) is 3.83. The van der Waals surface area contributed by atoms with Gasteiger partial charge in [0.05, 0.1) is 25.1 Å². The molecule has 0 saturated carbocycles. The minimum atomic E-state index is 0.0694. The summed E-state index contributed by atoms with van der Waals surface area (Å²) in [5, 5.41) is 15.5. The molecule has 3 heteroatoms. The fourth-order valence-corrected chi connectivity index (χ4v) is 0.452. The van der Waals surface area contributed by atoms with Gasteiger partial charge < -0.3 is 0 Å². The number of nitriles is 1. The summed E-state index contributed by atoms with van der Waals surface area (Å²) in [7, 11) is 0. The molecule has 0 fully saturated rings. The van der Waals surface area contributed by atoms with Crippen molar-refractivity contribution in [3.05, 3.63) is 0 Å². The quantitative estimate of drug-likeness (QED) is 0.434. The van der Waals surface area contributed by atoms with Gasteiger partial charge >= 0.3 is 0 Å². The fraction of sp³-hybridized carbons (Fsp3) is 0.750. The Labute approximate surface area is 41.7 Å². The molecule has 0 aromatic carbocycles. The van der Waals surface area contributed by atoms with Crippen LogP contribution in [0.5, 0.6) is 0 Å². The zero-order chi connectivity index (χ0) is 5.11. The highest BCUT2D eigenvalue weighted by Gasteiger charge is 2.09. The smallest absolute Gasteiger partial charge is 0.0889 e. The topological polar surface area (TPSA) is 48.5 Å². The van der Waals surface area contributed by atoms with E-state index < -0.39 is 0 Å². The van der Waals surface area contributed by atoms with Gasteiger partial charge in [-0.3, -0.25) is 0 Å². The van der Waals surface area contributed by atoms with E-state index in [-0.39, 0.29) is 5.92 Å². The lowest BCUT2D eigenvalue weighted by atomic mass is 10.2. The van der Waals surface area contributed by atoms with Crippen molar-refractivity contribution in [1.82, 2.24) is 0 Å². The molecule has 0 aliphatic carbocycles. The van der Waals surface area contributed by atoms with E-state index in [2.05, 4.69) is 16.3 Å². The van der Waals surface area contributed by atoms with Gasteiger partial charge in [-0.15, -0.1) is 0 Å². The van der Waals surface area contributed by atoms with E-state index in [4.69, 9.17) is 5.26 Å². The summed E-state index contributed by atoms with van der Waals surface area (Å²) in [6, 6.07) is 2.08. The molecule has 0 aromatic heterocycles. The predicted molar refractivity (Wildman–Crippen MR) is 23.7 cm³/mol. The van der Waals surface area contributed by atoms with Crippen molar-refractivity contribution >= 4 is 0 Å². The second-order valence-corrected chi connectivity index (χ2v) is 1.47. The Hall–Kier alpha value is -0.910. The molecular weight excluding hydrogens is 90.1 g/mol. The van der Waals surface area contributed by atoms with Crippen LogP contribution in [0.4, 0.5) is 0 Å². The summed E-state index contributed by atoms with van der Waals surface area (Å²) >= 11 is 0.